The molecule has 1 amide bonds. The molecule has 4 heteroatoms. The Morgan fingerprint density at radius 3 is 2.50 bits per heavy atom. The Kier molecular flexibility index (Phi) is 2.57. The molecule has 0 radical (unpaired) electrons. The van der Waals surface area contributed by atoms with E-state index in [-0.39, 0.29) is 6.09 Å². The van der Waals surface area contributed by atoms with Gasteiger partial charge in [-0.1, -0.05) is 0 Å². The predicted octanol–water partition coefficient (Wildman–Crippen LogP) is 0.566. The molecule has 1 aliphatic heterocycles. The largest absolute Gasteiger partial charge is 0.442 e. The van der Waals surface area contributed by atoms with Crippen LogP contribution in [0, 0.1) is 0 Å². The van der Waals surface area contributed by atoms with Crippen LogP contribution in [0.25, 0.3) is 0 Å². The monoisotopic (exact) mass is 172 g/mol. The summed E-state index contributed by atoms with van der Waals surface area (Å²) < 4.78 is 5.15. The van der Waals surface area contributed by atoms with Crippen LogP contribution in [0.5, 0.6) is 0 Å². The molecule has 0 spiro atoms. The highest BCUT2D eigenvalue weighted by Gasteiger charge is 2.27. The van der Waals surface area contributed by atoms with Gasteiger partial charge in [0, 0.05) is 19.6 Å². The fraction of sp³-hybridized carbons (Fsp3) is 0.875. The quantitative estimate of drug-likeness (QED) is 0.662. The first-order chi connectivity index (χ1) is 5.55. The summed E-state index contributed by atoms with van der Waals surface area (Å²) in [4.78, 5) is 12.9. The molecule has 0 unspecified atom stereocenters. The summed E-state index contributed by atoms with van der Waals surface area (Å²) in [5.41, 5.74) is 4.88. The van der Waals surface area contributed by atoms with Crippen LogP contribution in [0.3, 0.4) is 0 Å². The molecule has 0 aliphatic carbocycles. The molecule has 0 saturated carbocycles. The molecule has 0 aromatic carbocycles. The van der Waals surface area contributed by atoms with Crippen LogP contribution in [-0.4, -0.2) is 36.2 Å². The maximum atomic E-state index is 11.2. The van der Waals surface area contributed by atoms with Crippen molar-refractivity contribution in [2.45, 2.75) is 25.9 Å². The summed E-state index contributed by atoms with van der Waals surface area (Å²) in [5.74, 6) is 0. The third-order valence-electron chi connectivity index (χ3n) is 1.97. The maximum Gasteiger partial charge on any atom is 0.410 e. The van der Waals surface area contributed by atoms with Crippen molar-refractivity contribution in [3.8, 4) is 0 Å². The van der Waals surface area contributed by atoms with E-state index in [4.69, 9.17) is 10.5 Å². The molecule has 1 saturated heterocycles. The third kappa shape index (κ3) is 2.11. The van der Waals surface area contributed by atoms with Crippen molar-refractivity contribution >= 4 is 6.09 Å². The average Bonchev–Trinajstić information content (AvgIpc) is 1.82. The number of hydrogen-bond donors (Lipinski definition) is 1. The van der Waals surface area contributed by atoms with E-state index in [1.165, 1.54) is 0 Å². The number of carbonyl (C=O) groups excluding carboxylic acids is 1. The van der Waals surface area contributed by atoms with Crippen LogP contribution in [0.2, 0.25) is 0 Å². The van der Waals surface area contributed by atoms with Gasteiger partial charge >= 0.3 is 6.09 Å². The van der Waals surface area contributed by atoms with Crippen LogP contribution in [0.1, 0.15) is 20.3 Å². The minimum Gasteiger partial charge on any atom is -0.442 e. The molecule has 0 bridgehead atoms. The number of likely N-dealkylation sites (tertiary alicyclic amines) is 1. The predicted molar refractivity (Wildman–Crippen MR) is 45.8 cm³/mol. The zero-order valence-corrected chi connectivity index (χ0v) is 7.67. The molecule has 0 aromatic rings. The van der Waals surface area contributed by atoms with E-state index in [1.54, 1.807) is 4.90 Å². The summed E-state index contributed by atoms with van der Waals surface area (Å²) in [6.07, 6.45) is 0.842. The lowest BCUT2D eigenvalue weighted by molar-refractivity contribution is 0.00775. The summed E-state index contributed by atoms with van der Waals surface area (Å²) in [7, 11) is 0. The summed E-state index contributed by atoms with van der Waals surface area (Å²) in [6, 6.07) is 0. The van der Waals surface area contributed by atoms with E-state index in [0.29, 0.717) is 6.54 Å². The number of hydrogen-bond acceptors (Lipinski definition) is 3. The smallest absolute Gasteiger partial charge is 0.410 e. The minimum absolute atomic E-state index is 0.239. The van der Waals surface area contributed by atoms with Gasteiger partial charge in [-0.2, -0.15) is 0 Å². The van der Waals surface area contributed by atoms with Gasteiger partial charge in [-0.3, -0.25) is 0 Å². The zero-order valence-electron chi connectivity index (χ0n) is 7.67. The molecular formula is C8H16N2O2. The Morgan fingerprint density at radius 2 is 2.17 bits per heavy atom. The molecule has 4 nitrogen and oxygen atoms in total. The average molecular weight is 172 g/mol. The molecule has 1 aliphatic rings. The Hall–Kier alpha value is -0.770. The Labute approximate surface area is 72.7 Å². The van der Waals surface area contributed by atoms with E-state index in [9.17, 15) is 4.79 Å². The summed E-state index contributed by atoms with van der Waals surface area (Å²) in [6.45, 7) is 5.61. The summed E-state index contributed by atoms with van der Waals surface area (Å²) in [5, 5.41) is 0. The van der Waals surface area contributed by atoms with Gasteiger partial charge in [0.05, 0.1) is 0 Å². The van der Waals surface area contributed by atoms with Crippen molar-refractivity contribution in [2.24, 2.45) is 5.73 Å². The molecular weight excluding hydrogens is 156 g/mol. The molecule has 1 rings (SSSR count). The van der Waals surface area contributed by atoms with E-state index in [0.717, 1.165) is 19.5 Å². The van der Waals surface area contributed by atoms with E-state index in [1.807, 2.05) is 13.8 Å². The number of amides is 1. The van der Waals surface area contributed by atoms with Gasteiger partial charge in [0.15, 0.2) is 0 Å². The topological polar surface area (TPSA) is 55.6 Å². The van der Waals surface area contributed by atoms with Gasteiger partial charge in [-0.15, -0.1) is 0 Å². The first-order valence-electron chi connectivity index (χ1n) is 4.23. The van der Waals surface area contributed by atoms with Gasteiger partial charge < -0.3 is 15.4 Å². The second kappa shape index (κ2) is 3.31. The number of ether oxygens (including phenoxy) is 1. The zero-order chi connectivity index (χ0) is 9.19. The Bertz CT molecular complexity index is 176. The van der Waals surface area contributed by atoms with Crippen LogP contribution in [-0.2, 0) is 4.74 Å². The van der Waals surface area contributed by atoms with Crippen LogP contribution >= 0.6 is 0 Å². The second-order valence-electron chi connectivity index (χ2n) is 3.67. The maximum absolute atomic E-state index is 11.2. The van der Waals surface area contributed by atoms with Crippen molar-refractivity contribution < 1.29 is 9.53 Å². The van der Waals surface area contributed by atoms with Crippen LogP contribution < -0.4 is 5.73 Å². The second-order valence-corrected chi connectivity index (χ2v) is 3.67. The fourth-order valence-corrected chi connectivity index (χ4v) is 0.841. The standard InChI is InChI=1S/C8H16N2O2/c1-8(2,6-9)12-7(11)10-4-3-5-10/h3-6,9H2,1-2H3. The first kappa shape index (κ1) is 9.32. The number of carbonyl (C=O) groups is 1. The number of rotatable bonds is 2. The number of nitrogens with two attached hydrogens (primary N) is 1. The molecule has 70 valence electrons. The molecule has 0 atom stereocenters. The van der Waals surface area contributed by atoms with E-state index >= 15 is 0 Å². The van der Waals surface area contributed by atoms with Crippen LogP contribution in [0.4, 0.5) is 4.79 Å². The molecule has 12 heavy (non-hydrogen) atoms. The van der Waals surface area contributed by atoms with Gasteiger partial charge in [-0.25, -0.2) is 4.79 Å². The fourth-order valence-electron chi connectivity index (χ4n) is 0.841. The lowest BCUT2D eigenvalue weighted by Gasteiger charge is -2.33. The SMILES string of the molecule is CC(C)(CN)OC(=O)N1CCC1. The van der Waals surface area contributed by atoms with Gasteiger partial charge in [0.25, 0.3) is 0 Å². The third-order valence-corrected chi connectivity index (χ3v) is 1.97. The van der Waals surface area contributed by atoms with Crippen molar-refractivity contribution in [3.05, 3.63) is 0 Å². The van der Waals surface area contributed by atoms with E-state index in [2.05, 4.69) is 0 Å². The highest BCUT2D eigenvalue weighted by molar-refractivity contribution is 5.68. The Morgan fingerprint density at radius 1 is 1.58 bits per heavy atom. The van der Waals surface area contributed by atoms with Crippen molar-refractivity contribution in [1.29, 1.82) is 0 Å². The van der Waals surface area contributed by atoms with Gasteiger partial charge in [-0.05, 0) is 20.3 Å². The first-order valence-corrected chi connectivity index (χ1v) is 4.23. The molecule has 1 heterocycles. The Balaban J connectivity index is 2.34. The lowest BCUT2D eigenvalue weighted by Crippen LogP contribution is -2.47. The van der Waals surface area contributed by atoms with Crippen molar-refractivity contribution in [3.63, 3.8) is 0 Å². The molecule has 1 fully saturated rings. The number of nitrogens with zero attached hydrogens (tertiary/aromatic N) is 1. The molecule has 2 N–H and O–H groups in total. The van der Waals surface area contributed by atoms with E-state index < -0.39 is 5.60 Å². The minimum atomic E-state index is -0.535. The highest BCUT2D eigenvalue weighted by Crippen LogP contribution is 2.13. The molecule has 0 aromatic heterocycles. The van der Waals surface area contributed by atoms with Gasteiger partial charge in [0.2, 0.25) is 0 Å². The van der Waals surface area contributed by atoms with Crippen molar-refractivity contribution in [2.75, 3.05) is 19.6 Å². The summed E-state index contributed by atoms with van der Waals surface area (Å²) >= 11 is 0. The normalized spacial score (nSPS) is 17.1. The highest BCUT2D eigenvalue weighted by atomic mass is 16.6. The van der Waals surface area contributed by atoms with Gasteiger partial charge in [0.1, 0.15) is 5.60 Å². The van der Waals surface area contributed by atoms with Crippen LogP contribution in [0.15, 0.2) is 0 Å². The van der Waals surface area contributed by atoms with Crippen molar-refractivity contribution in [1.82, 2.24) is 4.90 Å². The lowest BCUT2D eigenvalue weighted by atomic mass is 10.1.